The maximum absolute atomic E-state index is 4.63. The Morgan fingerprint density at radius 2 is 1.21 bits per heavy atom. The van der Waals surface area contributed by atoms with Crippen molar-refractivity contribution in [3.63, 3.8) is 0 Å². The molecule has 3 aliphatic carbocycles. The lowest BCUT2D eigenvalue weighted by Crippen LogP contribution is -2.37. The number of allylic oxidation sites excluding steroid dienone is 8. The van der Waals surface area contributed by atoms with Crippen molar-refractivity contribution in [2.45, 2.75) is 51.0 Å². The molecule has 0 radical (unpaired) electrons. The summed E-state index contributed by atoms with van der Waals surface area (Å²) in [5, 5.41) is 0. The lowest BCUT2D eigenvalue weighted by atomic mass is 9.86. The number of hydrogen-bond donors (Lipinski definition) is 0. The zero-order valence-corrected chi connectivity index (χ0v) is 29.2. The lowest BCUT2D eigenvalue weighted by molar-refractivity contribution is 0.722. The molecule has 0 spiro atoms. The Hall–Kier alpha value is -6.00. The maximum atomic E-state index is 4.63. The first-order chi connectivity index (χ1) is 25.8. The first-order valence-corrected chi connectivity index (χ1v) is 18.7. The topological polar surface area (TPSA) is 32.3 Å². The summed E-state index contributed by atoms with van der Waals surface area (Å²) in [6.07, 6.45) is 31.8. The average Bonchev–Trinajstić information content (AvgIpc) is 3.22. The third kappa shape index (κ3) is 5.29. The fraction of sp³-hybridized carbons (Fsp3) is 0.167. The van der Waals surface area contributed by atoms with Crippen LogP contribution in [0.2, 0.25) is 0 Å². The van der Waals surface area contributed by atoms with Crippen LogP contribution in [0, 0.1) is 0 Å². The third-order valence-electron chi connectivity index (χ3n) is 11.4. The van der Waals surface area contributed by atoms with Crippen LogP contribution < -0.4 is 9.80 Å². The predicted molar refractivity (Wildman–Crippen MR) is 214 cm³/mol. The molecule has 2 aromatic heterocycles. The highest BCUT2D eigenvalue weighted by atomic mass is 15.2. The van der Waals surface area contributed by atoms with E-state index in [1.54, 1.807) is 5.57 Å². The first kappa shape index (κ1) is 30.8. The zero-order chi connectivity index (χ0) is 34.4. The summed E-state index contributed by atoms with van der Waals surface area (Å²) in [7, 11) is 0. The molecule has 1 unspecified atom stereocenters. The van der Waals surface area contributed by atoms with Crippen LogP contribution in [0.25, 0.3) is 27.8 Å². The van der Waals surface area contributed by atoms with Crippen LogP contribution in [0.3, 0.4) is 0 Å². The summed E-state index contributed by atoms with van der Waals surface area (Å²) in [5.74, 6) is 0. The molecule has 4 nitrogen and oxygen atoms in total. The van der Waals surface area contributed by atoms with E-state index in [1.165, 1.54) is 56.3 Å². The van der Waals surface area contributed by atoms with Gasteiger partial charge in [0.2, 0.25) is 0 Å². The third-order valence-corrected chi connectivity index (χ3v) is 11.4. The molecule has 0 saturated heterocycles. The maximum Gasteiger partial charge on any atom is 0.0560 e. The molecule has 4 heterocycles. The zero-order valence-electron chi connectivity index (χ0n) is 29.2. The Morgan fingerprint density at radius 3 is 1.94 bits per heavy atom. The molecule has 5 aromatic rings. The molecule has 10 rings (SSSR count). The number of rotatable bonds is 5. The van der Waals surface area contributed by atoms with E-state index < -0.39 is 0 Å². The van der Waals surface area contributed by atoms with Gasteiger partial charge in [-0.2, -0.15) is 0 Å². The van der Waals surface area contributed by atoms with Gasteiger partial charge in [-0.1, -0.05) is 78.9 Å². The van der Waals surface area contributed by atoms with Crippen molar-refractivity contribution in [2.75, 3.05) is 9.80 Å². The van der Waals surface area contributed by atoms with Crippen LogP contribution in [0.5, 0.6) is 0 Å². The van der Waals surface area contributed by atoms with Crippen LogP contribution >= 0.6 is 0 Å². The van der Waals surface area contributed by atoms with E-state index in [0.29, 0.717) is 0 Å². The SMILES string of the molecule is C1=CC2=C(CC1)Cc1ccccc1N2c1ccc(-c2ccncc2-c2cnccc2C2=CCC(N3C4=C(CCC=C4)Cc4ccccc43)C=C2)cc1. The molecule has 5 aliphatic rings. The summed E-state index contributed by atoms with van der Waals surface area (Å²) in [4.78, 5) is 14.3. The van der Waals surface area contributed by atoms with Crippen molar-refractivity contribution >= 4 is 22.6 Å². The minimum atomic E-state index is 0.263. The molecule has 52 heavy (non-hydrogen) atoms. The minimum Gasteiger partial charge on any atom is -0.334 e. The Bertz CT molecular complexity index is 2400. The first-order valence-electron chi connectivity index (χ1n) is 18.7. The molecule has 4 heteroatoms. The van der Waals surface area contributed by atoms with Gasteiger partial charge in [-0.05, 0) is 138 Å². The number of para-hydroxylation sites is 2. The number of aromatic nitrogens is 2. The largest absolute Gasteiger partial charge is 0.334 e. The molecular weight excluding hydrogens is 633 g/mol. The standard InChI is InChI=1S/C48H40N4/c1-5-13-45-35(9-1)29-36-10-2-6-14-46(36)51(45)39-21-17-33(18-22-39)41-25-27-49-31-43(41)44-32-50-28-26-42(44)34-19-23-40(24-20-34)52-47-15-7-3-11-37(47)30-38-12-4-8-16-48(38)52/h1,3,5-9,11,13-23,25-28,31-32,40H,2,4,10,12,24,29-30H2. The van der Waals surface area contributed by atoms with Gasteiger partial charge >= 0.3 is 0 Å². The van der Waals surface area contributed by atoms with Crippen molar-refractivity contribution in [2.24, 2.45) is 0 Å². The van der Waals surface area contributed by atoms with E-state index in [-0.39, 0.29) is 6.04 Å². The Balaban J connectivity index is 0.968. The number of nitrogens with zero attached hydrogens (tertiary/aromatic N) is 4. The second-order valence-electron chi connectivity index (χ2n) is 14.4. The van der Waals surface area contributed by atoms with Gasteiger partial charge in [-0.3, -0.25) is 9.97 Å². The predicted octanol–water partition coefficient (Wildman–Crippen LogP) is 11.5. The molecule has 0 fully saturated rings. The highest BCUT2D eigenvalue weighted by molar-refractivity contribution is 5.92. The number of hydrogen-bond acceptors (Lipinski definition) is 4. The second-order valence-corrected chi connectivity index (χ2v) is 14.4. The van der Waals surface area contributed by atoms with Crippen LogP contribution in [-0.4, -0.2) is 16.0 Å². The quantitative estimate of drug-likeness (QED) is 0.186. The molecule has 0 amide bonds. The van der Waals surface area contributed by atoms with E-state index in [0.717, 1.165) is 67.2 Å². The Kier molecular flexibility index (Phi) is 7.67. The summed E-state index contributed by atoms with van der Waals surface area (Å²) in [6.45, 7) is 0. The van der Waals surface area contributed by atoms with Gasteiger partial charge in [0.15, 0.2) is 0 Å². The lowest BCUT2D eigenvalue weighted by Gasteiger charge is -2.40. The monoisotopic (exact) mass is 672 g/mol. The van der Waals surface area contributed by atoms with Gasteiger partial charge in [0, 0.05) is 64.4 Å². The van der Waals surface area contributed by atoms with Crippen LogP contribution in [0.1, 0.15) is 48.8 Å². The van der Waals surface area contributed by atoms with E-state index in [2.05, 4.69) is 147 Å². The highest BCUT2D eigenvalue weighted by Gasteiger charge is 2.30. The number of anilines is 3. The average molecular weight is 673 g/mol. The summed E-state index contributed by atoms with van der Waals surface area (Å²) in [6, 6.07) is 31.4. The van der Waals surface area contributed by atoms with Crippen molar-refractivity contribution in [3.8, 4) is 22.3 Å². The van der Waals surface area contributed by atoms with Crippen molar-refractivity contribution in [3.05, 3.63) is 191 Å². The molecule has 2 aliphatic heterocycles. The van der Waals surface area contributed by atoms with E-state index in [4.69, 9.17) is 0 Å². The van der Waals surface area contributed by atoms with Crippen molar-refractivity contribution in [1.29, 1.82) is 0 Å². The minimum absolute atomic E-state index is 0.263. The van der Waals surface area contributed by atoms with Crippen molar-refractivity contribution in [1.82, 2.24) is 9.97 Å². The number of fused-ring (bicyclic) bond motifs is 2. The van der Waals surface area contributed by atoms with Gasteiger partial charge in [0.05, 0.1) is 6.04 Å². The van der Waals surface area contributed by atoms with Crippen LogP contribution in [0.4, 0.5) is 17.1 Å². The van der Waals surface area contributed by atoms with Crippen LogP contribution in [0.15, 0.2) is 175 Å². The summed E-state index contributed by atoms with van der Waals surface area (Å²) < 4.78 is 0. The molecular formula is C48H40N4. The van der Waals surface area contributed by atoms with E-state index in [1.807, 2.05) is 24.8 Å². The van der Waals surface area contributed by atoms with Crippen molar-refractivity contribution < 1.29 is 0 Å². The number of pyridine rings is 2. The fourth-order valence-corrected chi connectivity index (χ4v) is 8.88. The Labute approximate surface area is 306 Å². The highest BCUT2D eigenvalue weighted by Crippen LogP contribution is 2.44. The molecule has 0 N–H and O–H groups in total. The molecule has 252 valence electrons. The molecule has 3 aromatic carbocycles. The summed E-state index contributed by atoms with van der Waals surface area (Å²) >= 11 is 0. The van der Waals surface area contributed by atoms with E-state index >= 15 is 0 Å². The smallest absolute Gasteiger partial charge is 0.0560 e. The molecule has 0 saturated carbocycles. The normalized spacial score (nSPS) is 18.8. The van der Waals surface area contributed by atoms with Gasteiger partial charge in [-0.25, -0.2) is 0 Å². The molecule has 0 bridgehead atoms. The van der Waals surface area contributed by atoms with E-state index in [9.17, 15) is 0 Å². The van der Waals surface area contributed by atoms with Gasteiger partial charge in [-0.15, -0.1) is 0 Å². The van der Waals surface area contributed by atoms with Gasteiger partial charge < -0.3 is 9.80 Å². The number of benzene rings is 3. The second kappa shape index (κ2) is 13.0. The van der Waals surface area contributed by atoms with Gasteiger partial charge in [0.25, 0.3) is 0 Å². The Morgan fingerprint density at radius 1 is 0.577 bits per heavy atom. The molecule has 1 atom stereocenters. The fourth-order valence-electron chi connectivity index (χ4n) is 8.88. The van der Waals surface area contributed by atoms with Gasteiger partial charge in [0.1, 0.15) is 0 Å². The van der Waals surface area contributed by atoms with Crippen LogP contribution in [-0.2, 0) is 12.8 Å². The summed E-state index contributed by atoms with van der Waals surface area (Å²) in [5.41, 5.74) is 19.3.